The van der Waals surface area contributed by atoms with E-state index in [2.05, 4.69) is 23.3 Å². The van der Waals surface area contributed by atoms with E-state index < -0.39 is 0 Å². The van der Waals surface area contributed by atoms with Crippen molar-refractivity contribution < 1.29 is 9.26 Å². The second-order valence-corrected chi connectivity index (χ2v) is 3.08. The van der Waals surface area contributed by atoms with Gasteiger partial charge in [-0.25, -0.2) is 0 Å². The topological polar surface area (TPSA) is 18.5 Å². The number of rotatable bonds is 2. The molecule has 1 saturated heterocycles. The lowest BCUT2D eigenvalue weighted by molar-refractivity contribution is 0.0260. The van der Waals surface area contributed by atoms with Gasteiger partial charge in [-0.3, -0.25) is 0 Å². The highest BCUT2D eigenvalue weighted by molar-refractivity contribution is 7.09. The summed E-state index contributed by atoms with van der Waals surface area (Å²) in [7, 11) is 2.31. The molecule has 4 atom stereocenters. The van der Waals surface area contributed by atoms with Gasteiger partial charge in [-0.15, -0.1) is 0 Å². The van der Waals surface area contributed by atoms with Crippen LogP contribution in [-0.2, 0) is 9.26 Å². The normalized spacial score (nSPS) is 40.5. The lowest BCUT2D eigenvalue weighted by Gasteiger charge is -2.13. The van der Waals surface area contributed by atoms with Gasteiger partial charge in [-0.1, -0.05) is 6.92 Å². The molecule has 1 fully saturated rings. The Morgan fingerprint density at radius 1 is 1.70 bits per heavy atom. The van der Waals surface area contributed by atoms with Crippen LogP contribution in [0, 0.1) is 0 Å². The van der Waals surface area contributed by atoms with Crippen molar-refractivity contribution in [1.29, 1.82) is 0 Å². The largest absolute Gasteiger partial charge is 0.372 e. The molecule has 0 amide bonds. The Labute approximate surface area is 64.6 Å². The van der Waals surface area contributed by atoms with Gasteiger partial charge in [0.25, 0.3) is 0 Å². The summed E-state index contributed by atoms with van der Waals surface area (Å²) in [5, 5.41) is 0. The first-order valence-electron chi connectivity index (χ1n) is 3.79. The molecule has 2 nitrogen and oxygen atoms in total. The smallest absolute Gasteiger partial charge is 0.0896 e. The number of hydrogen-bond acceptors (Lipinski definition) is 2. The molecule has 3 heteroatoms. The van der Waals surface area contributed by atoms with Crippen molar-refractivity contribution in [3.05, 3.63) is 0 Å². The van der Waals surface area contributed by atoms with Gasteiger partial charge >= 0.3 is 0 Å². The summed E-state index contributed by atoms with van der Waals surface area (Å²) in [5.41, 5.74) is 0. The molecule has 0 aliphatic carbocycles. The van der Waals surface area contributed by atoms with E-state index in [4.69, 9.17) is 9.26 Å². The summed E-state index contributed by atoms with van der Waals surface area (Å²) >= 11 is 0. The molecule has 1 rings (SSSR count). The van der Waals surface area contributed by atoms with E-state index in [-0.39, 0.29) is 0 Å². The molecule has 1 aliphatic rings. The van der Waals surface area contributed by atoms with Gasteiger partial charge in [0.15, 0.2) is 0 Å². The van der Waals surface area contributed by atoms with Crippen molar-refractivity contribution in [2.45, 2.75) is 45.0 Å². The third-order valence-electron chi connectivity index (χ3n) is 1.96. The van der Waals surface area contributed by atoms with E-state index in [1.165, 1.54) is 0 Å². The van der Waals surface area contributed by atoms with E-state index in [9.17, 15) is 0 Å². The van der Waals surface area contributed by atoms with Gasteiger partial charge in [0.2, 0.25) is 0 Å². The summed E-state index contributed by atoms with van der Waals surface area (Å²) in [6.07, 6.45) is 3.05. The maximum Gasteiger partial charge on any atom is 0.0896 e. The minimum Gasteiger partial charge on any atom is -0.372 e. The van der Waals surface area contributed by atoms with Crippen molar-refractivity contribution >= 4 is 9.47 Å². The van der Waals surface area contributed by atoms with Gasteiger partial charge in [0, 0.05) is 15.9 Å². The van der Waals surface area contributed by atoms with E-state index in [1.807, 2.05) is 0 Å². The van der Waals surface area contributed by atoms with Crippen LogP contribution >= 0.6 is 9.47 Å². The summed E-state index contributed by atoms with van der Waals surface area (Å²) < 4.78 is 10.8. The van der Waals surface area contributed by atoms with Gasteiger partial charge in [-0.05, 0) is 13.3 Å². The quantitative estimate of drug-likeness (QED) is 0.576. The maximum atomic E-state index is 5.58. The van der Waals surface area contributed by atoms with E-state index in [0.29, 0.717) is 18.3 Å². The fourth-order valence-electron chi connectivity index (χ4n) is 1.42. The van der Waals surface area contributed by atoms with E-state index >= 15 is 0 Å². The Balaban J connectivity index is 2.41. The van der Waals surface area contributed by atoms with Gasteiger partial charge < -0.3 is 9.26 Å². The van der Waals surface area contributed by atoms with Crippen LogP contribution in [-0.4, -0.2) is 18.3 Å². The minimum atomic E-state index is 0.296. The van der Waals surface area contributed by atoms with Gasteiger partial charge in [-0.2, -0.15) is 0 Å². The highest BCUT2D eigenvalue weighted by Gasteiger charge is 2.31. The van der Waals surface area contributed by atoms with Crippen LogP contribution in [0.1, 0.15) is 26.7 Å². The predicted molar refractivity (Wildman–Crippen MR) is 43.8 cm³/mol. The van der Waals surface area contributed by atoms with Crippen LogP contribution in [0.4, 0.5) is 0 Å². The molecule has 0 aromatic rings. The zero-order valence-electron chi connectivity index (χ0n) is 6.54. The van der Waals surface area contributed by atoms with Crippen molar-refractivity contribution in [1.82, 2.24) is 0 Å². The van der Waals surface area contributed by atoms with Crippen LogP contribution in [0.3, 0.4) is 0 Å². The molecule has 0 bridgehead atoms. The molecule has 10 heavy (non-hydrogen) atoms. The molecule has 0 aromatic carbocycles. The second kappa shape index (κ2) is 3.66. The molecule has 4 unspecified atom stereocenters. The fourth-order valence-corrected chi connectivity index (χ4v) is 1.71. The minimum absolute atomic E-state index is 0.296. The zero-order valence-corrected chi connectivity index (χ0v) is 7.69. The Morgan fingerprint density at radius 2 is 2.40 bits per heavy atom. The van der Waals surface area contributed by atoms with E-state index in [0.717, 1.165) is 12.8 Å². The van der Waals surface area contributed by atoms with Crippen LogP contribution in [0.2, 0.25) is 0 Å². The molecule has 1 heterocycles. The zero-order chi connectivity index (χ0) is 7.56. The average molecular weight is 162 g/mol. The number of hydrogen-bond donors (Lipinski definition) is 0. The SMILES string of the molecule is CCC1OC(C)CC1OP. The van der Waals surface area contributed by atoms with Crippen molar-refractivity contribution in [2.75, 3.05) is 0 Å². The highest BCUT2D eigenvalue weighted by atomic mass is 31.0. The fraction of sp³-hybridized carbons (Fsp3) is 1.00. The molecule has 0 radical (unpaired) electrons. The summed E-state index contributed by atoms with van der Waals surface area (Å²) in [5.74, 6) is 0. The Morgan fingerprint density at radius 3 is 2.80 bits per heavy atom. The summed E-state index contributed by atoms with van der Waals surface area (Å²) in [4.78, 5) is 0. The van der Waals surface area contributed by atoms with Crippen LogP contribution in [0.15, 0.2) is 0 Å². The molecular formula is C7H15O2P. The van der Waals surface area contributed by atoms with Crippen LogP contribution < -0.4 is 0 Å². The first-order chi connectivity index (χ1) is 4.77. The van der Waals surface area contributed by atoms with Gasteiger partial charge in [0.1, 0.15) is 0 Å². The third-order valence-corrected chi connectivity index (χ3v) is 2.31. The molecule has 0 saturated carbocycles. The monoisotopic (exact) mass is 162 g/mol. The molecule has 0 aromatic heterocycles. The average Bonchev–Trinajstić information content (AvgIpc) is 2.30. The maximum absolute atomic E-state index is 5.58. The Kier molecular flexibility index (Phi) is 3.09. The number of ether oxygens (including phenoxy) is 1. The predicted octanol–water partition coefficient (Wildman–Crippen LogP) is 1.75. The van der Waals surface area contributed by atoms with Crippen molar-refractivity contribution in [3.63, 3.8) is 0 Å². The Bertz CT molecular complexity index is 95.8. The molecule has 1 aliphatic heterocycles. The molecule has 0 N–H and O–H groups in total. The first kappa shape index (κ1) is 8.45. The molecular weight excluding hydrogens is 147 g/mol. The molecule has 0 spiro atoms. The van der Waals surface area contributed by atoms with Gasteiger partial charge in [0.05, 0.1) is 18.3 Å². The van der Waals surface area contributed by atoms with Crippen molar-refractivity contribution in [2.24, 2.45) is 0 Å². The van der Waals surface area contributed by atoms with Crippen LogP contribution in [0.5, 0.6) is 0 Å². The molecule has 60 valence electrons. The van der Waals surface area contributed by atoms with E-state index in [1.54, 1.807) is 0 Å². The Hall–Kier alpha value is 0.350. The summed E-state index contributed by atoms with van der Waals surface area (Å²) in [6, 6.07) is 0. The second-order valence-electron chi connectivity index (χ2n) is 2.80. The third kappa shape index (κ3) is 1.69. The lowest BCUT2D eigenvalue weighted by Crippen LogP contribution is -2.19. The van der Waals surface area contributed by atoms with Crippen LogP contribution in [0.25, 0.3) is 0 Å². The van der Waals surface area contributed by atoms with Crippen molar-refractivity contribution in [3.8, 4) is 0 Å². The first-order valence-corrected chi connectivity index (χ1v) is 4.26. The lowest BCUT2D eigenvalue weighted by atomic mass is 10.1. The standard InChI is InChI=1S/C7H15O2P/c1-3-6-7(9-10)4-5(2)8-6/h5-7H,3-4,10H2,1-2H3. The highest BCUT2D eigenvalue weighted by Crippen LogP contribution is 2.26. The summed E-state index contributed by atoms with van der Waals surface area (Å²) in [6.45, 7) is 4.21.